The second-order valence-electron chi connectivity index (χ2n) is 3.96. The fourth-order valence-corrected chi connectivity index (χ4v) is 1.69. The van der Waals surface area contributed by atoms with Gasteiger partial charge in [0.2, 0.25) is 0 Å². The number of allylic oxidation sites excluding steroid dienone is 1. The lowest BCUT2D eigenvalue weighted by atomic mass is 10.1. The number of hydrogen-bond acceptors (Lipinski definition) is 3. The molecule has 96 valence electrons. The van der Waals surface area contributed by atoms with E-state index >= 15 is 0 Å². The molecule has 3 nitrogen and oxygen atoms in total. The second-order valence-corrected chi connectivity index (χ2v) is 3.96. The molecule has 0 aliphatic carbocycles. The summed E-state index contributed by atoms with van der Waals surface area (Å²) in [5.41, 5.74) is 2.39. The molecule has 0 aromatic heterocycles. The van der Waals surface area contributed by atoms with Gasteiger partial charge in [-0.15, -0.1) is 0 Å². The first-order valence-corrected chi connectivity index (χ1v) is 5.93. The van der Waals surface area contributed by atoms with E-state index in [4.69, 9.17) is 9.94 Å². The quantitative estimate of drug-likeness (QED) is 0.514. The highest BCUT2D eigenvalue weighted by atomic mass is 16.5. The maximum absolute atomic E-state index is 9.09. The van der Waals surface area contributed by atoms with Crippen LogP contribution in [0.4, 0.5) is 0 Å². The first-order chi connectivity index (χ1) is 9.33. The molecule has 19 heavy (non-hydrogen) atoms. The first kappa shape index (κ1) is 12.9. The zero-order valence-corrected chi connectivity index (χ0v) is 10.7. The summed E-state index contributed by atoms with van der Waals surface area (Å²) in [7, 11) is 1.62. The minimum atomic E-state index is 0.506. The molecule has 0 radical (unpaired) electrons. The van der Waals surface area contributed by atoms with Gasteiger partial charge in [0.1, 0.15) is 11.5 Å². The van der Waals surface area contributed by atoms with Gasteiger partial charge in [0.15, 0.2) is 0 Å². The van der Waals surface area contributed by atoms with Crippen molar-refractivity contribution in [1.82, 2.24) is 0 Å². The van der Waals surface area contributed by atoms with E-state index in [1.165, 1.54) is 0 Å². The van der Waals surface area contributed by atoms with Crippen molar-refractivity contribution in [2.24, 2.45) is 5.16 Å². The Morgan fingerprint density at radius 2 is 1.74 bits per heavy atom. The Balaban J connectivity index is 2.18. The standard InChI is InChI=1S/C16H15NO2/c1-19-15-10-8-14(9-11-15)16(17-18)12-7-13-5-3-2-4-6-13/h2-12,18H,1H3/b12-7+,17-16+. The van der Waals surface area contributed by atoms with Crippen LogP contribution in [0.15, 0.2) is 65.8 Å². The molecule has 2 rings (SSSR count). The molecule has 0 saturated heterocycles. The van der Waals surface area contributed by atoms with E-state index in [0.717, 1.165) is 16.9 Å². The van der Waals surface area contributed by atoms with Gasteiger partial charge in [-0.25, -0.2) is 0 Å². The minimum absolute atomic E-state index is 0.506. The third-order valence-electron chi connectivity index (χ3n) is 2.73. The van der Waals surface area contributed by atoms with Crippen molar-refractivity contribution < 1.29 is 9.94 Å². The maximum Gasteiger partial charge on any atom is 0.118 e. The van der Waals surface area contributed by atoms with Crippen molar-refractivity contribution in [1.29, 1.82) is 0 Å². The first-order valence-electron chi connectivity index (χ1n) is 5.93. The van der Waals surface area contributed by atoms with Crippen LogP contribution in [0.3, 0.4) is 0 Å². The molecule has 0 bridgehead atoms. The van der Waals surface area contributed by atoms with Crippen LogP contribution < -0.4 is 4.74 Å². The third kappa shape index (κ3) is 3.45. The molecule has 0 aliphatic heterocycles. The summed E-state index contributed by atoms with van der Waals surface area (Å²) >= 11 is 0. The van der Waals surface area contributed by atoms with E-state index in [-0.39, 0.29) is 0 Å². The van der Waals surface area contributed by atoms with Gasteiger partial charge in [-0.1, -0.05) is 41.6 Å². The van der Waals surface area contributed by atoms with Crippen LogP contribution in [-0.2, 0) is 0 Å². The van der Waals surface area contributed by atoms with Crippen molar-refractivity contribution in [3.8, 4) is 5.75 Å². The van der Waals surface area contributed by atoms with Crippen LogP contribution in [0.1, 0.15) is 11.1 Å². The monoisotopic (exact) mass is 253 g/mol. The molecule has 0 amide bonds. The van der Waals surface area contributed by atoms with Gasteiger partial charge in [0.05, 0.1) is 7.11 Å². The molecule has 0 unspecified atom stereocenters. The summed E-state index contributed by atoms with van der Waals surface area (Å²) in [5, 5.41) is 12.4. The smallest absolute Gasteiger partial charge is 0.118 e. The van der Waals surface area contributed by atoms with Gasteiger partial charge in [0.25, 0.3) is 0 Å². The summed E-state index contributed by atoms with van der Waals surface area (Å²) in [6.07, 6.45) is 3.68. The topological polar surface area (TPSA) is 41.8 Å². The normalized spacial score (nSPS) is 11.7. The Morgan fingerprint density at radius 1 is 1.05 bits per heavy atom. The summed E-state index contributed by atoms with van der Waals surface area (Å²) < 4.78 is 5.09. The van der Waals surface area contributed by atoms with Crippen LogP contribution in [0.5, 0.6) is 5.75 Å². The number of benzene rings is 2. The van der Waals surface area contributed by atoms with Crippen LogP contribution in [0, 0.1) is 0 Å². The van der Waals surface area contributed by atoms with E-state index in [0.29, 0.717) is 5.71 Å². The number of methoxy groups -OCH3 is 1. The Kier molecular flexibility index (Phi) is 4.34. The molecule has 1 N–H and O–H groups in total. The van der Waals surface area contributed by atoms with E-state index < -0.39 is 0 Å². The van der Waals surface area contributed by atoms with Gasteiger partial charge in [-0.2, -0.15) is 0 Å². The van der Waals surface area contributed by atoms with E-state index in [1.807, 2.05) is 60.7 Å². The highest BCUT2D eigenvalue weighted by Crippen LogP contribution is 2.13. The van der Waals surface area contributed by atoms with E-state index in [9.17, 15) is 0 Å². The van der Waals surface area contributed by atoms with Crippen LogP contribution >= 0.6 is 0 Å². The highest BCUT2D eigenvalue weighted by Gasteiger charge is 2.00. The van der Waals surface area contributed by atoms with Crippen molar-refractivity contribution in [3.05, 3.63) is 71.8 Å². The molecule has 0 atom stereocenters. The van der Waals surface area contributed by atoms with E-state index in [1.54, 1.807) is 13.2 Å². The van der Waals surface area contributed by atoms with Gasteiger partial charge in [0, 0.05) is 5.56 Å². The molecular formula is C16H15NO2. The fraction of sp³-hybridized carbons (Fsp3) is 0.0625. The Bertz CT molecular complexity index is 571. The van der Waals surface area contributed by atoms with Crippen LogP contribution in [-0.4, -0.2) is 18.0 Å². The second kappa shape index (κ2) is 6.40. The fourth-order valence-electron chi connectivity index (χ4n) is 1.69. The number of rotatable bonds is 4. The molecule has 0 saturated carbocycles. The highest BCUT2D eigenvalue weighted by molar-refractivity contribution is 6.10. The summed E-state index contributed by atoms with van der Waals surface area (Å²) in [5.74, 6) is 0.771. The summed E-state index contributed by atoms with van der Waals surface area (Å²) in [6.45, 7) is 0. The lowest BCUT2D eigenvalue weighted by molar-refractivity contribution is 0.320. The molecule has 3 heteroatoms. The molecular weight excluding hydrogens is 238 g/mol. The van der Waals surface area contributed by atoms with E-state index in [2.05, 4.69) is 5.16 Å². The van der Waals surface area contributed by atoms with Crippen molar-refractivity contribution >= 4 is 11.8 Å². The molecule has 0 heterocycles. The van der Waals surface area contributed by atoms with Crippen LogP contribution in [0.2, 0.25) is 0 Å². The number of nitrogens with zero attached hydrogens (tertiary/aromatic N) is 1. The molecule has 0 aliphatic rings. The zero-order valence-electron chi connectivity index (χ0n) is 10.7. The average Bonchev–Trinajstić information content (AvgIpc) is 2.49. The molecule has 2 aromatic rings. The van der Waals surface area contributed by atoms with Crippen molar-refractivity contribution in [3.63, 3.8) is 0 Å². The zero-order chi connectivity index (χ0) is 13.5. The minimum Gasteiger partial charge on any atom is -0.497 e. The van der Waals surface area contributed by atoms with Crippen LogP contribution in [0.25, 0.3) is 6.08 Å². The molecule has 0 spiro atoms. The Hall–Kier alpha value is -2.55. The number of hydrogen-bond donors (Lipinski definition) is 1. The SMILES string of the molecule is COc1ccc(C(/C=C/c2ccccc2)=N/O)cc1. The predicted octanol–water partition coefficient (Wildman–Crippen LogP) is 3.59. The lowest BCUT2D eigenvalue weighted by Gasteiger charge is -2.02. The summed E-state index contributed by atoms with van der Waals surface area (Å²) in [6, 6.07) is 17.2. The maximum atomic E-state index is 9.09. The average molecular weight is 253 g/mol. The summed E-state index contributed by atoms with van der Waals surface area (Å²) in [4.78, 5) is 0. The number of ether oxygens (including phenoxy) is 1. The van der Waals surface area contributed by atoms with Crippen molar-refractivity contribution in [2.75, 3.05) is 7.11 Å². The van der Waals surface area contributed by atoms with Gasteiger partial charge >= 0.3 is 0 Å². The Labute approximate surface area is 112 Å². The molecule has 0 fully saturated rings. The van der Waals surface area contributed by atoms with Gasteiger partial charge in [-0.3, -0.25) is 0 Å². The van der Waals surface area contributed by atoms with Gasteiger partial charge in [-0.05, 0) is 35.9 Å². The van der Waals surface area contributed by atoms with Gasteiger partial charge < -0.3 is 9.94 Å². The lowest BCUT2D eigenvalue weighted by Crippen LogP contribution is -1.96. The largest absolute Gasteiger partial charge is 0.497 e. The Morgan fingerprint density at radius 3 is 2.32 bits per heavy atom. The predicted molar refractivity (Wildman–Crippen MR) is 76.8 cm³/mol. The number of oxime groups is 1. The van der Waals surface area contributed by atoms with Crippen molar-refractivity contribution in [2.45, 2.75) is 0 Å². The third-order valence-corrected chi connectivity index (χ3v) is 2.73. The molecule has 2 aromatic carbocycles.